The average Bonchev–Trinajstić information content (AvgIpc) is 3.11. The Labute approximate surface area is 162 Å². The van der Waals surface area contributed by atoms with Gasteiger partial charge in [0.15, 0.2) is 5.13 Å². The number of hydrogen-bond donors (Lipinski definition) is 1. The molecule has 3 aromatic rings. The van der Waals surface area contributed by atoms with Crippen LogP contribution in [-0.4, -0.2) is 37.2 Å². The van der Waals surface area contributed by atoms with Crippen LogP contribution in [0.5, 0.6) is 0 Å². The molecule has 0 aliphatic carbocycles. The number of hydrogen-bond acceptors (Lipinski definition) is 5. The van der Waals surface area contributed by atoms with E-state index in [0.29, 0.717) is 18.9 Å². The number of carbonyl (C=O) groups is 1. The molecule has 2 aromatic carbocycles. The molecule has 1 saturated heterocycles. The van der Waals surface area contributed by atoms with E-state index in [2.05, 4.69) is 15.2 Å². The summed E-state index contributed by atoms with van der Waals surface area (Å²) < 4.78 is 44.2. The standard InChI is InChI=1S/C19H16F3N3O2S/c20-19(21,22)13-3-1-12(2-4-13)17(26)23-14-5-6-15-16(11-14)28-18(24-15)25-7-9-27-10-8-25/h1-6,11H,7-10H2,(H,23,26). The molecule has 0 bridgehead atoms. The van der Waals surface area contributed by atoms with E-state index in [4.69, 9.17) is 4.74 Å². The Balaban J connectivity index is 1.50. The van der Waals surface area contributed by atoms with Crippen LogP contribution in [0.25, 0.3) is 10.2 Å². The van der Waals surface area contributed by atoms with E-state index >= 15 is 0 Å². The third kappa shape index (κ3) is 3.95. The maximum atomic E-state index is 12.6. The fraction of sp³-hybridized carbons (Fsp3) is 0.263. The first kappa shape index (κ1) is 18.7. The molecule has 0 spiro atoms. The van der Waals surface area contributed by atoms with E-state index in [-0.39, 0.29) is 5.56 Å². The number of carbonyl (C=O) groups excluding carboxylic acids is 1. The smallest absolute Gasteiger partial charge is 0.378 e. The van der Waals surface area contributed by atoms with Crippen LogP contribution in [0, 0.1) is 0 Å². The molecule has 0 unspecified atom stereocenters. The number of thiazole rings is 1. The lowest BCUT2D eigenvalue weighted by molar-refractivity contribution is -0.137. The van der Waals surface area contributed by atoms with Gasteiger partial charge >= 0.3 is 6.18 Å². The van der Waals surface area contributed by atoms with Crippen LogP contribution < -0.4 is 10.2 Å². The number of anilines is 2. The minimum atomic E-state index is -4.43. The van der Waals surface area contributed by atoms with Crippen LogP contribution in [0.3, 0.4) is 0 Å². The Bertz CT molecular complexity index is 996. The van der Waals surface area contributed by atoms with Gasteiger partial charge in [0.25, 0.3) is 5.91 Å². The van der Waals surface area contributed by atoms with Crippen molar-refractivity contribution < 1.29 is 22.7 Å². The van der Waals surface area contributed by atoms with Gasteiger partial charge in [0, 0.05) is 24.3 Å². The number of amides is 1. The van der Waals surface area contributed by atoms with Gasteiger partial charge in [-0.15, -0.1) is 0 Å². The molecule has 146 valence electrons. The molecule has 1 aromatic heterocycles. The van der Waals surface area contributed by atoms with Gasteiger partial charge in [-0.2, -0.15) is 13.2 Å². The van der Waals surface area contributed by atoms with E-state index < -0.39 is 17.6 Å². The predicted octanol–water partition coefficient (Wildman–Crippen LogP) is 4.40. The maximum absolute atomic E-state index is 12.6. The third-order valence-corrected chi connectivity index (χ3v) is 5.47. The summed E-state index contributed by atoms with van der Waals surface area (Å²) in [5.74, 6) is -0.467. The molecule has 0 saturated carbocycles. The van der Waals surface area contributed by atoms with Crippen molar-refractivity contribution in [2.75, 3.05) is 36.5 Å². The van der Waals surface area contributed by atoms with Gasteiger partial charge < -0.3 is 15.0 Å². The second kappa shape index (κ2) is 7.40. The lowest BCUT2D eigenvalue weighted by atomic mass is 10.1. The highest BCUT2D eigenvalue weighted by molar-refractivity contribution is 7.22. The van der Waals surface area contributed by atoms with Crippen LogP contribution in [0.4, 0.5) is 24.0 Å². The summed E-state index contributed by atoms with van der Waals surface area (Å²) in [6.07, 6.45) is -4.43. The van der Waals surface area contributed by atoms with Crippen molar-refractivity contribution in [2.45, 2.75) is 6.18 Å². The van der Waals surface area contributed by atoms with Crippen molar-refractivity contribution in [1.82, 2.24) is 4.98 Å². The number of fused-ring (bicyclic) bond motifs is 1. The van der Waals surface area contributed by atoms with Gasteiger partial charge in [-0.3, -0.25) is 4.79 Å². The second-order valence-corrected chi connectivity index (χ2v) is 7.32. The molecule has 4 rings (SSSR count). The van der Waals surface area contributed by atoms with Gasteiger partial charge in [0.05, 0.1) is 29.0 Å². The summed E-state index contributed by atoms with van der Waals surface area (Å²) in [4.78, 5) is 19.1. The number of aromatic nitrogens is 1. The van der Waals surface area contributed by atoms with Crippen molar-refractivity contribution >= 4 is 38.3 Å². The van der Waals surface area contributed by atoms with E-state index in [1.807, 2.05) is 12.1 Å². The summed E-state index contributed by atoms with van der Waals surface area (Å²) in [5, 5.41) is 3.63. The summed E-state index contributed by atoms with van der Waals surface area (Å²) in [6, 6.07) is 9.50. The molecule has 9 heteroatoms. The molecule has 1 aliphatic rings. The van der Waals surface area contributed by atoms with Gasteiger partial charge in [0.1, 0.15) is 0 Å². The van der Waals surface area contributed by atoms with Crippen molar-refractivity contribution in [3.8, 4) is 0 Å². The lowest BCUT2D eigenvalue weighted by Crippen LogP contribution is -2.36. The SMILES string of the molecule is O=C(Nc1ccc2nc(N3CCOCC3)sc2c1)c1ccc(C(F)(F)F)cc1. The monoisotopic (exact) mass is 407 g/mol. The van der Waals surface area contributed by atoms with Crippen molar-refractivity contribution in [2.24, 2.45) is 0 Å². The molecule has 1 fully saturated rings. The summed E-state index contributed by atoms with van der Waals surface area (Å²) >= 11 is 1.53. The Morgan fingerprint density at radius 3 is 2.50 bits per heavy atom. The number of halogens is 3. The molecule has 0 radical (unpaired) electrons. The average molecular weight is 407 g/mol. The highest BCUT2D eigenvalue weighted by atomic mass is 32.1. The van der Waals surface area contributed by atoms with Gasteiger partial charge in [-0.25, -0.2) is 4.98 Å². The summed E-state index contributed by atoms with van der Waals surface area (Å²) in [7, 11) is 0. The topological polar surface area (TPSA) is 54.5 Å². The van der Waals surface area contributed by atoms with E-state index in [1.165, 1.54) is 23.5 Å². The molecule has 0 atom stereocenters. The quantitative estimate of drug-likeness (QED) is 0.699. The van der Waals surface area contributed by atoms with Gasteiger partial charge in [0.2, 0.25) is 0 Å². The van der Waals surface area contributed by atoms with Crippen molar-refractivity contribution in [1.29, 1.82) is 0 Å². The Kier molecular flexibility index (Phi) is 4.94. The zero-order valence-corrected chi connectivity index (χ0v) is 15.4. The zero-order chi connectivity index (χ0) is 19.7. The summed E-state index contributed by atoms with van der Waals surface area (Å²) in [6.45, 7) is 2.92. The van der Waals surface area contributed by atoms with Crippen molar-refractivity contribution in [3.05, 3.63) is 53.6 Å². The number of nitrogens with one attached hydrogen (secondary N) is 1. The fourth-order valence-corrected chi connectivity index (χ4v) is 3.95. The number of alkyl halides is 3. The first-order valence-corrected chi connectivity index (χ1v) is 9.44. The minimum Gasteiger partial charge on any atom is -0.378 e. The molecule has 5 nitrogen and oxygen atoms in total. The van der Waals surface area contributed by atoms with E-state index in [9.17, 15) is 18.0 Å². The third-order valence-electron chi connectivity index (χ3n) is 4.39. The number of nitrogens with zero attached hydrogens (tertiary/aromatic N) is 2. The molecular weight excluding hydrogens is 391 g/mol. The Morgan fingerprint density at radius 2 is 1.82 bits per heavy atom. The Morgan fingerprint density at radius 1 is 1.11 bits per heavy atom. The molecule has 28 heavy (non-hydrogen) atoms. The van der Waals surface area contributed by atoms with Crippen LogP contribution >= 0.6 is 11.3 Å². The van der Waals surface area contributed by atoms with Gasteiger partial charge in [-0.05, 0) is 42.5 Å². The van der Waals surface area contributed by atoms with Crippen molar-refractivity contribution in [3.63, 3.8) is 0 Å². The predicted molar refractivity (Wildman–Crippen MR) is 102 cm³/mol. The van der Waals surface area contributed by atoms with E-state index in [1.54, 1.807) is 6.07 Å². The van der Waals surface area contributed by atoms with Crippen LogP contribution in [0.15, 0.2) is 42.5 Å². The zero-order valence-electron chi connectivity index (χ0n) is 14.6. The maximum Gasteiger partial charge on any atom is 0.416 e. The first-order chi connectivity index (χ1) is 13.4. The minimum absolute atomic E-state index is 0.159. The molecule has 1 N–H and O–H groups in total. The normalized spacial score (nSPS) is 15.0. The van der Waals surface area contributed by atoms with Gasteiger partial charge in [-0.1, -0.05) is 11.3 Å². The van der Waals surface area contributed by atoms with Crippen LogP contribution in [-0.2, 0) is 10.9 Å². The van der Waals surface area contributed by atoms with Crippen LogP contribution in [0.1, 0.15) is 15.9 Å². The first-order valence-electron chi connectivity index (χ1n) is 8.62. The number of rotatable bonds is 3. The highest BCUT2D eigenvalue weighted by Gasteiger charge is 2.30. The molecular formula is C19H16F3N3O2S. The largest absolute Gasteiger partial charge is 0.416 e. The highest BCUT2D eigenvalue weighted by Crippen LogP contribution is 2.32. The van der Waals surface area contributed by atoms with E-state index in [0.717, 1.165) is 40.6 Å². The Hall–Kier alpha value is -2.65. The second-order valence-electron chi connectivity index (χ2n) is 6.31. The number of benzene rings is 2. The molecule has 1 amide bonds. The number of ether oxygens (including phenoxy) is 1. The summed E-state index contributed by atoms with van der Waals surface area (Å²) in [5.41, 5.74) is 0.769. The fourth-order valence-electron chi connectivity index (χ4n) is 2.89. The van der Waals surface area contributed by atoms with Crippen LogP contribution in [0.2, 0.25) is 0 Å². The molecule has 1 aliphatic heterocycles. The lowest BCUT2D eigenvalue weighted by Gasteiger charge is -2.25. The number of morpholine rings is 1. The molecule has 2 heterocycles.